The van der Waals surface area contributed by atoms with Gasteiger partial charge in [-0.25, -0.2) is 0 Å². The minimum Gasteiger partial charge on any atom is -0.322 e. The van der Waals surface area contributed by atoms with Crippen molar-refractivity contribution < 1.29 is 4.79 Å². The summed E-state index contributed by atoms with van der Waals surface area (Å²) in [5.74, 6) is -0.00294. The zero-order chi connectivity index (χ0) is 14.2. The Labute approximate surface area is 112 Å². The van der Waals surface area contributed by atoms with Crippen molar-refractivity contribution in [1.29, 1.82) is 0 Å². The number of benzene rings is 1. The number of Topliss-reactive ketones (excluding diaryl/α,β-unsaturated/α-hetero) is 1. The molecule has 100 valence electrons. The number of H-pyrrole nitrogens is 1. The van der Waals surface area contributed by atoms with Crippen LogP contribution in [0.15, 0.2) is 29.1 Å². The van der Waals surface area contributed by atoms with Gasteiger partial charge in [0, 0.05) is 17.5 Å². The molecule has 19 heavy (non-hydrogen) atoms. The molecule has 0 bridgehead atoms. The molecule has 0 saturated carbocycles. The quantitative estimate of drug-likeness (QED) is 0.899. The molecular formula is C16H19NO2. The van der Waals surface area contributed by atoms with Crippen molar-refractivity contribution in [3.05, 3.63) is 45.7 Å². The molecule has 0 saturated heterocycles. The van der Waals surface area contributed by atoms with Crippen LogP contribution in [0.4, 0.5) is 0 Å². The number of ketones is 1. The van der Waals surface area contributed by atoms with Crippen LogP contribution >= 0.6 is 0 Å². The summed E-state index contributed by atoms with van der Waals surface area (Å²) >= 11 is 0. The van der Waals surface area contributed by atoms with Crippen LogP contribution in [0, 0.1) is 0 Å². The number of carbonyl (C=O) groups is 1. The van der Waals surface area contributed by atoms with E-state index in [-0.39, 0.29) is 23.2 Å². The third-order valence-corrected chi connectivity index (χ3v) is 3.23. The van der Waals surface area contributed by atoms with Crippen LogP contribution < -0.4 is 5.56 Å². The third-order valence-electron chi connectivity index (χ3n) is 3.23. The second-order valence-electron chi connectivity index (χ2n) is 6.05. The molecular weight excluding hydrogens is 238 g/mol. The van der Waals surface area contributed by atoms with Gasteiger partial charge in [-0.15, -0.1) is 0 Å². The maximum atomic E-state index is 11.8. The Kier molecular flexibility index (Phi) is 3.31. The van der Waals surface area contributed by atoms with Crippen LogP contribution in [0.5, 0.6) is 0 Å². The maximum Gasteiger partial charge on any atom is 0.252 e. The number of aromatic nitrogens is 1. The van der Waals surface area contributed by atoms with Crippen LogP contribution in [0.3, 0.4) is 0 Å². The van der Waals surface area contributed by atoms with Crippen molar-refractivity contribution in [2.24, 2.45) is 0 Å². The summed E-state index contributed by atoms with van der Waals surface area (Å²) in [4.78, 5) is 25.9. The molecule has 2 aromatic rings. The van der Waals surface area contributed by atoms with Gasteiger partial charge in [-0.2, -0.15) is 0 Å². The molecule has 0 atom stereocenters. The van der Waals surface area contributed by atoms with E-state index in [1.54, 1.807) is 0 Å². The zero-order valence-electron chi connectivity index (χ0n) is 11.8. The maximum absolute atomic E-state index is 11.8. The van der Waals surface area contributed by atoms with Crippen LogP contribution in [0.1, 0.15) is 38.8 Å². The molecule has 0 aliphatic rings. The molecule has 2 rings (SSSR count). The largest absolute Gasteiger partial charge is 0.322 e. The van der Waals surface area contributed by atoms with E-state index in [0.29, 0.717) is 5.56 Å². The van der Waals surface area contributed by atoms with E-state index in [1.807, 2.05) is 18.2 Å². The molecule has 0 fully saturated rings. The topological polar surface area (TPSA) is 49.9 Å². The number of fused-ring (bicyclic) bond motifs is 1. The number of nitrogens with one attached hydrogen (secondary N) is 1. The molecule has 1 aromatic carbocycles. The Bertz CT molecular complexity index is 690. The van der Waals surface area contributed by atoms with Gasteiger partial charge in [-0.1, -0.05) is 26.8 Å². The van der Waals surface area contributed by atoms with Crippen molar-refractivity contribution in [3.63, 3.8) is 0 Å². The first-order valence-corrected chi connectivity index (χ1v) is 6.43. The summed E-state index contributed by atoms with van der Waals surface area (Å²) < 4.78 is 0. The van der Waals surface area contributed by atoms with Gasteiger partial charge in [0.25, 0.3) is 5.56 Å². The van der Waals surface area contributed by atoms with E-state index in [4.69, 9.17) is 0 Å². The fraction of sp³-hybridized carbons (Fsp3) is 0.375. The second-order valence-corrected chi connectivity index (χ2v) is 6.05. The van der Waals surface area contributed by atoms with Crippen molar-refractivity contribution in [3.8, 4) is 0 Å². The van der Waals surface area contributed by atoms with E-state index in [1.165, 1.54) is 12.5 Å². The van der Waals surface area contributed by atoms with Gasteiger partial charge < -0.3 is 4.98 Å². The number of aromatic amines is 1. The lowest BCUT2D eigenvalue weighted by atomic mass is 9.86. The smallest absolute Gasteiger partial charge is 0.252 e. The predicted octanol–water partition coefficient (Wildman–Crippen LogP) is 2.96. The van der Waals surface area contributed by atoms with Gasteiger partial charge in [0.2, 0.25) is 0 Å². The first-order chi connectivity index (χ1) is 8.77. The summed E-state index contributed by atoms with van der Waals surface area (Å²) in [5.41, 5.74) is 2.44. The van der Waals surface area contributed by atoms with E-state index in [9.17, 15) is 9.59 Å². The summed E-state index contributed by atoms with van der Waals surface area (Å²) in [5, 5.41) is 0.975. The van der Waals surface area contributed by atoms with Crippen molar-refractivity contribution in [2.75, 3.05) is 0 Å². The minimum atomic E-state index is -0.175. The summed E-state index contributed by atoms with van der Waals surface area (Å²) in [7, 11) is 0. The standard InChI is InChI=1S/C16H19NO2/c1-10(18)7-12-8-11-9-13(16(2,3)4)5-6-14(11)17-15(12)19/h5-6,8-9H,7H2,1-4H3,(H,17,19). The van der Waals surface area contributed by atoms with E-state index >= 15 is 0 Å². The van der Waals surface area contributed by atoms with Gasteiger partial charge in [0.05, 0.1) is 0 Å². The van der Waals surface area contributed by atoms with Gasteiger partial charge >= 0.3 is 0 Å². The first kappa shape index (κ1) is 13.5. The summed E-state index contributed by atoms with van der Waals surface area (Å²) in [6.45, 7) is 7.94. The third kappa shape index (κ3) is 2.92. The normalized spacial score (nSPS) is 11.8. The predicted molar refractivity (Wildman–Crippen MR) is 77.7 cm³/mol. The van der Waals surface area contributed by atoms with Crippen LogP contribution in [-0.4, -0.2) is 10.8 Å². The summed E-state index contributed by atoms with van der Waals surface area (Å²) in [6, 6.07) is 7.86. The highest BCUT2D eigenvalue weighted by Gasteiger charge is 2.14. The molecule has 1 aromatic heterocycles. The van der Waals surface area contributed by atoms with Crippen molar-refractivity contribution in [2.45, 2.75) is 39.5 Å². The average Bonchev–Trinajstić information content (AvgIpc) is 2.27. The number of pyridine rings is 1. The van der Waals surface area contributed by atoms with Crippen molar-refractivity contribution in [1.82, 2.24) is 4.98 Å². The average molecular weight is 257 g/mol. The van der Waals surface area contributed by atoms with Crippen molar-refractivity contribution >= 4 is 16.7 Å². The fourth-order valence-corrected chi connectivity index (χ4v) is 2.12. The Balaban J connectivity index is 2.61. The van der Waals surface area contributed by atoms with E-state index < -0.39 is 0 Å². The Hall–Kier alpha value is -1.90. The molecule has 0 radical (unpaired) electrons. The lowest BCUT2D eigenvalue weighted by Crippen LogP contribution is -2.16. The highest BCUT2D eigenvalue weighted by molar-refractivity contribution is 5.83. The van der Waals surface area contributed by atoms with E-state index in [2.05, 4.69) is 31.8 Å². The monoisotopic (exact) mass is 257 g/mol. The first-order valence-electron chi connectivity index (χ1n) is 6.43. The molecule has 0 spiro atoms. The lowest BCUT2D eigenvalue weighted by molar-refractivity contribution is -0.116. The highest BCUT2D eigenvalue weighted by atomic mass is 16.1. The van der Waals surface area contributed by atoms with Crippen LogP contribution in [0.2, 0.25) is 0 Å². The summed E-state index contributed by atoms with van der Waals surface area (Å²) in [6.07, 6.45) is 0.186. The fourth-order valence-electron chi connectivity index (χ4n) is 2.12. The molecule has 0 amide bonds. The van der Waals surface area contributed by atoms with Gasteiger partial charge in [-0.3, -0.25) is 9.59 Å². The van der Waals surface area contributed by atoms with Crippen LogP contribution in [0.25, 0.3) is 10.9 Å². The van der Waals surface area contributed by atoms with E-state index in [0.717, 1.165) is 10.9 Å². The molecule has 0 aliphatic carbocycles. The number of carbonyl (C=O) groups excluding carboxylic acids is 1. The molecule has 1 N–H and O–H groups in total. The molecule has 3 nitrogen and oxygen atoms in total. The zero-order valence-corrected chi connectivity index (χ0v) is 11.8. The van der Waals surface area contributed by atoms with Gasteiger partial charge in [0.1, 0.15) is 5.78 Å². The van der Waals surface area contributed by atoms with Gasteiger partial charge in [0.15, 0.2) is 0 Å². The number of hydrogen-bond donors (Lipinski definition) is 1. The number of rotatable bonds is 2. The van der Waals surface area contributed by atoms with Crippen LogP contribution in [-0.2, 0) is 16.6 Å². The number of hydrogen-bond acceptors (Lipinski definition) is 2. The molecule has 0 aliphatic heterocycles. The second kappa shape index (κ2) is 4.65. The molecule has 0 unspecified atom stereocenters. The molecule has 1 heterocycles. The SMILES string of the molecule is CC(=O)Cc1cc2cc(C(C)(C)C)ccc2[nH]c1=O. The van der Waals surface area contributed by atoms with Gasteiger partial charge in [-0.05, 0) is 41.5 Å². The Morgan fingerprint density at radius 1 is 1.21 bits per heavy atom. The lowest BCUT2D eigenvalue weighted by Gasteiger charge is -2.19. The molecule has 3 heteroatoms. The Morgan fingerprint density at radius 3 is 2.47 bits per heavy atom. The Morgan fingerprint density at radius 2 is 1.89 bits per heavy atom. The minimum absolute atomic E-state index is 0.00294. The highest BCUT2D eigenvalue weighted by Crippen LogP contribution is 2.25.